The molecular formula is C6H12O4. The van der Waals surface area contributed by atoms with Gasteiger partial charge in [0.1, 0.15) is 6.61 Å². The predicted octanol–water partition coefficient (Wildman–Crippen LogP) is 0.804. The molecule has 60 valence electrons. The Balaban J connectivity index is 3.26. The van der Waals surface area contributed by atoms with Crippen molar-refractivity contribution >= 4 is 6.16 Å². The van der Waals surface area contributed by atoms with E-state index >= 15 is 0 Å². The van der Waals surface area contributed by atoms with E-state index in [4.69, 9.17) is 4.74 Å². The van der Waals surface area contributed by atoms with Gasteiger partial charge in [0.15, 0.2) is 0 Å². The minimum Gasteiger partial charge on any atom is -0.438 e. The lowest BCUT2D eigenvalue weighted by Crippen LogP contribution is -2.17. The first-order valence-electron chi connectivity index (χ1n) is 2.94. The van der Waals surface area contributed by atoms with E-state index in [9.17, 15) is 4.79 Å². The summed E-state index contributed by atoms with van der Waals surface area (Å²) in [5, 5.41) is 0. The molecule has 0 bridgehead atoms. The number of rotatable bonds is 3. The highest BCUT2D eigenvalue weighted by Crippen LogP contribution is 1.90. The van der Waals surface area contributed by atoms with Crippen LogP contribution in [0.1, 0.15) is 6.92 Å². The van der Waals surface area contributed by atoms with Crippen LogP contribution >= 0.6 is 0 Å². The van der Waals surface area contributed by atoms with Gasteiger partial charge in [0.05, 0.1) is 13.2 Å². The largest absolute Gasteiger partial charge is 0.508 e. The maximum Gasteiger partial charge on any atom is 0.508 e. The molecule has 0 aliphatic carbocycles. The summed E-state index contributed by atoms with van der Waals surface area (Å²) in [5.74, 6) is 0. The molecule has 0 N–H and O–H groups in total. The van der Waals surface area contributed by atoms with Gasteiger partial charge in [-0.25, -0.2) is 4.79 Å². The van der Waals surface area contributed by atoms with Crippen LogP contribution in [0.4, 0.5) is 4.79 Å². The van der Waals surface area contributed by atoms with E-state index < -0.39 is 6.16 Å². The Kier molecular flexibility index (Phi) is 4.66. The predicted molar refractivity (Wildman–Crippen MR) is 34.8 cm³/mol. The summed E-state index contributed by atoms with van der Waals surface area (Å²) in [7, 11) is 2.81. The standard InChI is InChI=1S/C6H12O4/c1-5(8-2)4-10-6(7)9-3/h5H,4H2,1-3H3. The molecule has 4 nitrogen and oxygen atoms in total. The molecule has 0 aromatic heterocycles. The van der Waals surface area contributed by atoms with Crippen molar-refractivity contribution in [1.82, 2.24) is 0 Å². The van der Waals surface area contributed by atoms with Gasteiger partial charge in [-0.15, -0.1) is 0 Å². The normalized spacial score (nSPS) is 12.3. The lowest BCUT2D eigenvalue weighted by atomic mass is 10.4. The summed E-state index contributed by atoms with van der Waals surface area (Å²) < 4.78 is 13.6. The molecule has 4 heteroatoms. The Hall–Kier alpha value is -0.770. The number of carbonyl (C=O) groups excluding carboxylic acids is 1. The second kappa shape index (κ2) is 5.05. The molecule has 0 aliphatic heterocycles. The van der Waals surface area contributed by atoms with Gasteiger partial charge in [-0.1, -0.05) is 0 Å². The summed E-state index contributed by atoms with van der Waals surface area (Å²) in [6.07, 6.45) is -0.761. The Morgan fingerprint density at radius 2 is 2.10 bits per heavy atom. The first-order valence-corrected chi connectivity index (χ1v) is 2.94. The van der Waals surface area contributed by atoms with Crippen LogP contribution in [0.25, 0.3) is 0 Å². The lowest BCUT2D eigenvalue weighted by molar-refractivity contribution is 0.0171. The first-order chi connectivity index (χ1) is 4.70. The average molecular weight is 148 g/mol. The van der Waals surface area contributed by atoms with Crippen LogP contribution in [0.15, 0.2) is 0 Å². The van der Waals surface area contributed by atoms with Crippen LogP contribution in [0.3, 0.4) is 0 Å². The lowest BCUT2D eigenvalue weighted by Gasteiger charge is -2.08. The third kappa shape index (κ3) is 4.14. The van der Waals surface area contributed by atoms with Gasteiger partial charge in [0.2, 0.25) is 0 Å². The SMILES string of the molecule is COC(=O)OCC(C)OC. The third-order valence-corrected chi connectivity index (χ3v) is 1.00. The van der Waals surface area contributed by atoms with Crippen LogP contribution in [0, 0.1) is 0 Å². The van der Waals surface area contributed by atoms with Crippen molar-refractivity contribution in [3.05, 3.63) is 0 Å². The van der Waals surface area contributed by atoms with Crippen molar-refractivity contribution in [2.24, 2.45) is 0 Å². The van der Waals surface area contributed by atoms with E-state index in [1.807, 2.05) is 0 Å². The molecule has 0 aromatic carbocycles. The van der Waals surface area contributed by atoms with Crippen LogP contribution in [-0.2, 0) is 14.2 Å². The molecule has 0 rings (SSSR count). The molecule has 1 atom stereocenters. The molecule has 10 heavy (non-hydrogen) atoms. The summed E-state index contributed by atoms with van der Waals surface area (Å²) >= 11 is 0. The fraction of sp³-hybridized carbons (Fsp3) is 0.833. The highest BCUT2D eigenvalue weighted by Gasteiger charge is 2.04. The number of carbonyl (C=O) groups is 1. The zero-order valence-electron chi connectivity index (χ0n) is 6.42. The first kappa shape index (κ1) is 9.23. The molecule has 0 aliphatic rings. The van der Waals surface area contributed by atoms with Crippen molar-refractivity contribution in [3.63, 3.8) is 0 Å². The molecule has 1 unspecified atom stereocenters. The van der Waals surface area contributed by atoms with Crippen molar-refractivity contribution in [2.75, 3.05) is 20.8 Å². The second-order valence-corrected chi connectivity index (χ2v) is 1.81. The van der Waals surface area contributed by atoms with Crippen LogP contribution < -0.4 is 0 Å². The summed E-state index contributed by atoms with van der Waals surface area (Å²) in [6.45, 7) is 2.02. The monoisotopic (exact) mass is 148 g/mol. The van der Waals surface area contributed by atoms with Gasteiger partial charge >= 0.3 is 6.16 Å². The van der Waals surface area contributed by atoms with Crippen molar-refractivity contribution in [1.29, 1.82) is 0 Å². The Labute approximate surface area is 60.1 Å². The highest BCUT2D eigenvalue weighted by molar-refractivity contribution is 5.59. The second-order valence-electron chi connectivity index (χ2n) is 1.81. The fourth-order valence-electron chi connectivity index (χ4n) is 0.312. The van der Waals surface area contributed by atoms with Gasteiger partial charge in [0.25, 0.3) is 0 Å². The molecular weight excluding hydrogens is 136 g/mol. The van der Waals surface area contributed by atoms with Crippen molar-refractivity contribution in [2.45, 2.75) is 13.0 Å². The molecule has 0 spiro atoms. The average Bonchev–Trinajstić information content (AvgIpc) is 1.99. The fourth-order valence-corrected chi connectivity index (χ4v) is 0.312. The van der Waals surface area contributed by atoms with Crippen molar-refractivity contribution < 1.29 is 19.0 Å². The van der Waals surface area contributed by atoms with E-state index in [1.54, 1.807) is 14.0 Å². The number of ether oxygens (including phenoxy) is 3. The Morgan fingerprint density at radius 1 is 1.50 bits per heavy atom. The van der Waals surface area contributed by atoms with Gasteiger partial charge in [-0.2, -0.15) is 0 Å². The van der Waals surface area contributed by atoms with E-state index in [2.05, 4.69) is 9.47 Å². The highest BCUT2D eigenvalue weighted by atomic mass is 16.7. The molecule has 0 heterocycles. The van der Waals surface area contributed by atoms with E-state index in [0.717, 1.165) is 0 Å². The number of hydrogen-bond acceptors (Lipinski definition) is 4. The van der Waals surface area contributed by atoms with Gasteiger partial charge in [0, 0.05) is 7.11 Å². The Morgan fingerprint density at radius 3 is 2.50 bits per heavy atom. The number of methoxy groups -OCH3 is 2. The molecule has 0 saturated heterocycles. The topological polar surface area (TPSA) is 44.8 Å². The summed E-state index contributed by atoms with van der Waals surface area (Å²) in [5.41, 5.74) is 0. The maximum absolute atomic E-state index is 10.3. The van der Waals surface area contributed by atoms with E-state index in [0.29, 0.717) is 0 Å². The van der Waals surface area contributed by atoms with Crippen LogP contribution in [0.5, 0.6) is 0 Å². The zero-order valence-corrected chi connectivity index (χ0v) is 6.42. The van der Waals surface area contributed by atoms with Crippen LogP contribution in [-0.4, -0.2) is 33.1 Å². The molecule has 0 saturated carbocycles. The minimum absolute atomic E-state index is 0.0842. The molecule has 0 fully saturated rings. The summed E-state index contributed by atoms with van der Waals surface area (Å²) in [4.78, 5) is 10.3. The Bertz CT molecular complexity index is 102. The zero-order chi connectivity index (χ0) is 7.98. The van der Waals surface area contributed by atoms with Gasteiger partial charge < -0.3 is 14.2 Å². The molecule has 0 amide bonds. The molecule has 0 radical (unpaired) electrons. The molecule has 0 aromatic rings. The van der Waals surface area contributed by atoms with Crippen molar-refractivity contribution in [3.8, 4) is 0 Å². The van der Waals surface area contributed by atoms with Gasteiger partial charge in [-0.05, 0) is 6.92 Å². The minimum atomic E-state index is -0.677. The van der Waals surface area contributed by atoms with E-state index in [-0.39, 0.29) is 12.7 Å². The van der Waals surface area contributed by atoms with Gasteiger partial charge in [-0.3, -0.25) is 0 Å². The maximum atomic E-state index is 10.3. The quantitative estimate of drug-likeness (QED) is 0.555. The summed E-state index contributed by atoms with van der Waals surface area (Å²) in [6, 6.07) is 0. The smallest absolute Gasteiger partial charge is 0.438 e. The van der Waals surface area contributed by atoms with E-state index in [1.165, 1.54) is 7.11 Å². The third-order valence-electron chi connectivity index (χ3n) is 1.00. The van der Waals surface area contributed by atoms with Crippen LogP contribution in [0.2, 0.25) is 0 Å². The number of hydrogen-bond donors (Lipinski definition) is 0.